The zero-order chi connectivity index (χ0) is 27.8. The first-order valence-corrected chi connectivity index (χ1v) is 15.0. The van der Waals surface area contributed by atoms with Crippen molar-refractivity contribution in [2.24, 2.45) is 5.92 Å². The molecule has 7 rings (SSSR count). The quantitative estimate of drug-likeness (QED) is 0.625. The molecule has 0 bridgehead atoms. The summed E-state index contributed by atoms with van der Waals surface area (Å²) >= 11 is 0. The number of benzene rings is 1. The van der Waals surface area contributed by atoms with Crippen LogP contribution >= 0.6 is 0 Å². The predicted molar refractivity (Wildman–Crippen MR) is 151 cm³/mol. The van der Waals surface area contributed by atoms with Gasteiger partial charge in [-0.2, -0.15) is 5.10 Å². The summed E-state index contributed by atoms with van der Waals surface area (Å²) in [5, 5.41) is 7.82. The van der Waals surface area contributed by atoms with Crippen LogP contribution in [0.4, 0.5) is 5.69 Å². The number of amides is 3. The molecule has 2 aliphatic heterocycles. The molecule has 1 N–H and O–H groups in total. The molecule has 9 heteroatoms. The van der Waals surface area contributed by atoms with E-state index in [4.69, 9.17) is 5.10 Å². The molecule has 1 aromatic carbocycles. The van der Waals surface area contributed by atoms with Crippen molar-refractivity contribution in [3.63, 3.8) is 0 Å². The maximum Gasteiger partial charge on any atom is 0.274 e. The average molecular weight is 545 g/mol. The van der Waals surface area contributed by atoms with E-state index in [2.05, 4.69) is 47.2 Å². The number of carbonyl (C=O) groups is 3. The molecule has 4 fully saturated rings. The predicted octanol–water partition coefficient (Wildman–Crippen LogP) is 2.78. The van der Waals surface area contributed by atoms with Crippen LogP contribution in [0.15, 0.2) is 18.2 Å². The van der Waals surface area contributed by atoms with E-state index in [9.17, 15) is 14.4 Å². The van der Waals surface area contributed by atoms with Gasteiger partial charge in [0.25, 0.3) is 5.91 Å². The minimum atomic E-state index is -0.0825. The Hall–Kier alpha value is -3.36. The van der Waals surface area contributed by atoms with Crippen molar-refractivity contribution in [2.75, 3.05) is 37.6 Å². The van der Waals surface area contributed by atoms with Gasteiger partial charge in [-0.25, -0.2) is 0 Å². The molecule has 2 saturated heterocycles. The Balaban J connectivity index is 1.06. The van der Waals surface area contributed by atoms with E-state index in [1.807, 2.05) is 9.58 Å². The summed E-state index contributed by atoms with van der Waals surface area (Å²) in [5.41, 5.74) is 6.59. The minimum Gasteiger partial charge on any atom is -0.367 e. The Labute approximate surface area is 235 Å². The second-order valence-electron chi connectivity index (χ2n) is 12.9. The molecule has 212 valence electrons. The fraction of sp³-hybridized carbons (Fsp3) is 0.613. The summed E-state index contributed by atoms with van der Waals surface area (Å²) in [5.74, 6) is 1.11. The fourth-order valence-corrected chi connectivity index (χ4v) is 7.58. The van der Waals surface area contributed by atoms with Gasteiger partial charge in [-0.3, -0.25) is 19.1 Å². The van der Waals surface area contributed by atoms with Crippen LogP contribution in [0.3, 0.4) is 0 Å². The van der Waals surface area contributed by atoms with Crippen LogP contribution in [-0.2, 0) is 22.6 Å². The van der Waals surface area contributed by atoms with Gasteiger partial charge in [-0.05, 0) is 81.4 Å². The van der Waals surface area contributed by atoms with Gasteiger partial charge in [-0.1, -0.05) is 12.1 Å². The molecule has 3 amide bonds. The van der Waals surface area contributed by atoms with Crippen LogP contribution in [0.1, 0.15) is 77.8 Å². The highest BCUT2D eigenvalue weighted by Crippen LogP contribution is 2.57. The van der Waals surface area contributed by atoms with Crippen molar-refractivity contribution >= 4 is 23.4 Å². The van der Waals surface area contributed by atoms with Gasteiger partial charge in [0.15, 0.2) is 5.69 Å². The molecule has 0 radical (unpaired) electrons. The Morgan fingerprint density at radius 3 is 2.58 bits per heavy atom. The molecule has 0 unspecified atom stereocenters. The van der Waals surface area contributed by atoms with Crippen LogP contribution in [0.2, 0.25) is 0 Å². The second kappa shape index (κ2) is 9.35. The highest BCUT2D eigenvalue weighted by molar-refractivity contribution is 5.95. The highest BCUT2D eigenvalue weighted by atomic mass is 16.2. The second-order valence-corrected chi connectivity index (χ2v) is 12.9. The topological polar surface area (TPSA) is 90.8 Å². The molecule has 2 aromatic rings. The molecule has 40 heavy (non-hydrogen) atoms. The van der Waals surface area contributed by atoms with Crippen molar-refractivity contribution in [1.82, 2.24) is 24.9 Å². The van der Waals surface area contributed by atoms with Crippen LogP contribution < -0.4 is 10.2 Å². The Morgan fingerprint density at radius 1 is 1.07 bits per heavy atom. The van der Waals surface area contributed by atoms with Gasteiger partial charge in [0.1, 0.15) is 6.54 Å². The summed E-state index contributed by atoms with van der Waals surface area (Å²) in [7, 11) is 0. The molecule has 2 saturated carbocycles. The van der Waals surface area contributed by atoms with Crippen LogP contribution in [0.5, 0.6) is 0 Å². The number of piperidine rings is 1. The van der Waals surface area contributed by atoms with Gasteiger partial charge in [0.2, 0.25) is 11.8 Å². The molecule has 1 aromatic heterocycles. The third-order valence-electron chi connectivity index (χ3n) is 10.2. The average Bonchev–Trinajstić information content (AvgIpc) is 3.81. The summed E-state index contributed by atoms with van der Waals surface area (Å²) in [6.45, 7) is 9.76. The zero-order valence-electron chi connectivity index (χ0n) is 23.9. The number of nitrogens with one attached hydrogen (secondary N) is 1. The third kappa shape index (κ3) is 4.29. The smallest absolute Gasteiger partial charge is 0.274 e. The molecule has 2 atom stereocenters. The molecule has 3 heterocycles. The SMILES string of the molecule is CC(=O)NC1CCN(C(=O)c2nn(CC(=O)N3CCN(c4cccc(C)c4C)CC34CC4)c3c2[C@@H]2C[C@@H]2C3)CC1. The van der Waals surface area contributed by atoms with E-state index in [0.717, 1.165) is 69.4 Å². The maximum atomic E-state index is 13.8. The van der Waals surface area contributed by atoms with Crippen molar-refractivity contribution in [3.05, 3.63) is 46.3 Å². The van der Waals surface area contributed by atoms with Gasteiger partial charge < -0.3 is 20.0 Å². The number of hydrogen-bond acceptors (Lipinski definition) is 5. The number of rotatable bonds is 5. The lowest BCUT2D eigenvalue weighted by atomic mass is 10.0. The minimum absolute atomic E-state index is 0.0166. The first-order chi connectivity index (χ1) is 19.2. The molecule has 1 spiro atoms. The lowest BCUT2D eigenvalue weighted by molar-refractivity contribution is -0.135. The van der Waals surface area contributed by atoms with Gasteiger partial charge >= 0.3 is 0 Å². The van der Waals surface area contributed by atoms with E-state index in [1.54, 1.807) is 0 Å². The van der Waals surface area contributed by atoms with Crippen LogP contribution in [0.25, 0.3) is 0 Å². The molecule has 5 aliphatic rings. The van der Waals surface area contributed by atoms with Crippen LogP contribution in [-0.4, -0.2) is 81.6 Å². The number of anilines is 1. The Morgan fingerprint density at radius 2 is 1.85 bits per heavy atom. The van der Waals surface area contributed by atoms with Crippen molar-refractivity contribution in [3.8, 4) is 0 Å². The van der Waals surface area contributed by atoms with Gasteiger partial charge in [-0.15, -0.1) is 0 Å². The van der Waals surface area contributed by atoms with Gasteiger partial charge in [0, 0.05) is 62.6 Å². The number of aryl methyl sites for hydroxylation is 1. The zero-order valence-corrected chi connectivity index (χ0v) is 23.9. The number of nitrogens with zero attached hydrogens (tertiary/aromatic N) is 5. The Kier molecular flexibility index (Phi) is 5.98. The normalized spacial score (nSPS) is 24.6. The molecular formula is C31H40N6O3. The van der Waals surface area contributed by atoms with Crippen molar-refractivity contribution in [1.29, 1.82) is 0 Å². The van der Waals surface area contributed by atoms with E-state index in [-0.39, 0.29) is 35.8 Å². The van der Waals surface area contributed by atoms with E-state index in [1.165, 1.54) is 23.7 Å². The van der Waals surface area contributed by atoms with E-state index >= 15 is 0 Å². The lowest BCUT2D eigenvalue weighted by Gasteiger charge is -2.44. The number of piperazine rings is 1. The summed E-state index contributed by atoms with van der Waals surface area (Å²) in [6, 6.07) is 6.61. The lowest BCUT2D eigenvalue weighted by Crippen LogP contribution is -2.58. The van der Waals surface area contributed by atoms with Crippen molar-refractivity contribution in [2.45, 2.75) is 83.3 Å². The third-order valence-corrected chi connectivity index (χ3v) is 10.2. The first-order valence-electron chi connectivity index (χ1n) is 15.0. The van der Waals surface area contributed by atoms with Gasteiger partial charge in [0.05, 0.1) is 5.54 Å². The number of fused-ring (bicyclic) bond motifs is 3. The summed E-state index contributed by atoms with van der Waals surface area (Å²) < 4.78 is 1.87. The van der Waals surface area contributed by atoms with Crippen molar-refractivity contribution < 1.29 is 14.4 Å². The molecule has 3 aliphatic carbocycles. The fourth-order valence-electron chi connectivity index (χ4n) is 7.58. The number of carbonyl (C=O) groups excluding carboxylic acids is 3. The molecule has 9 nitrogen and oxygen atoms in total. The first kappa shape index (κ1) is 25.6. The van der Waals surface area contributed by atoms with E-state index in [0.29, 0.717) is 30.6 Å². The highest BCUT2D eigenvalue weighted by Gasteiger charge is 2.54. The summed E-state index contributed by atoms with van der Waals surface area (Å²) in [6.07, 6.45) is 5.65. The van der Waals surface area contributed by atoms with Crippen LogP contribution in [0, 0.1) is 19.8 Å². The standard InChI is InChI=1S/C31H40N6O3/c1-19-5-4-6-25(20(19)2)35-13-14-36(31(18-35)9-10-31)27(39)17-37-26-16-22-15-24(22)28(26)29(33-37)30(40)34-11-7-23(8-12-34)32-21(3)38/h4-6,22-24H,7-18H2,1-3H3,(H,32,38)/t22-,24-/m1/s1. The molecular weight excluding hydrogens is 504 g/mol. The number of hydrogen-bond donors (Lipinski definition) is 1. The van der Waals surface area contributed by atoms with E-state index < -0.39 is 0 Å². The Bertz CT molecular complexity index is 1390. The number of aromatic nitrogens is 2. The maximum absolute atomic E-state index is 13.8. The largest absolute Gasteiger partial charge is 0.367 e. The number of likely N-dealkylation sites (tertiary alicyclic amines) is 1. The monoisotopic (exact) mass is 544 g/mol. The summed E-state index contributed by atoms with van der Waals surface area (Å²) in [4.78, 5) is 45.4.